The number of halogens is 2. The third-order valence-electron chi connectivity index (χ3n) is 3.01. The largest absolute Gasteiger partial charge is 0.235 e. The van der Waals surface area contributed by atoms with Crippen LogP contribution in [0.4, 0.5) is 4.39 Å². The molecule has 1 aromatic carbocycles. The highest BCUT2D eigenvalue weighted by molar-refractivity contribution is 9.10. The van der Waals surface area contributed by atoms with Crippen LogP contribution >= 0.6 is 38.8 Å². The molecule has 4 aromatic rings. The van der Waals surface area contributed by atoms with Gasteiger partial charge in [-0.3, -0.25) is 0 Å². The average molecular weight is 397 g/mol. The van der Waals surface area contributed by atoms with Crippen LogP contribution in [-0.4, -0.2) is 29.4 Å². The van der Waals surface area contributed by atoms with E-state index in [4.69, 9.17) is 0 Å². The topological polar surface area (TPSA) is 68.9 Å². The summed E-state index contributed by atoms with van der Waals surface area (Å²) in [6.07, 6.45) is 0. The van der Waals surface area contributed by atoms with Crippen LogP contribution in [0, 0.1) is 12.7 Å². The van der Waals surface area contributed by atoms with Crippen LogP contribution < -0.4 is 0 Å². The molecular formula is C12H6BrFN6S2. The molecule has 0 aliphatic rings. The maximum Gasteiger partial charge on any atom is 0.235 e. The van der Waals surface area contributed by atoms with Gasteiger partial charge in [-0.1, -0.05) is 15.8 Å². The van der Waals surface area contributed by atoms with Gasteiger partial charge in [-0.25, -0.2) is 4.39 Å². The molecule has 0 saturated carbocycles. The number of aryl methyl sites for hydroxylation is 1. The first kappa shape index (κ1) is 13.9. The van der Waals surface area contributed by atoms with Gasteiger partial charge in [0, 0.05) is 5.56 Å². The first-order valence-electron chi connectivity index (χ1n) is 6.10. The summed E-state index contributed by atoms with van der Waals surface area (Å²) in [5, 5.41) is 17.5. The highest BCUT2D eigenvalue weighted by atomic mass is 79.9. The Bertz CT molecular complexity index is 991. The number of hydrogen-bond donors (Lipinski definition) is 0. The van der Waals surface area contributed by atoms with E-state index in [0.29, 0.717) is 15.3 Å². The molecule has 0 spiro atoms. The van der Waals surface area contributed by atoms with Crippen molar-refractivity contribution >= 4 is 43.8 Å². The van der Waals surface area contributed by atoms with E-state index >= 15 is 0 Å². The minimum Gasteiger partial charge on any atom is -0.206 e. The summed E-state index contributed by atoms with van der Waals surface area (Å²) in [5.41, 5.74) is 1.60. The van der Waals surface area contributed by atoms with E-state index in [9.17, 15) is 4.39 Å². The van der Waals surface area contributed by atoms with Gasteiger partial charge in [0.15, 0.2) is 5.82 Å². The van der Waals surface area contributed by atoms with Crippen molar-refractivity contribution in [2.24, 2.45) is 0 Å². The first-order valence-corrected chi connectivity index (χ1v) is 8.49. The molecule has 0 unspecified atom stereocenters. The van der Waals surface area contributed by atoms with Crippen LogP contribution in [0.2, 0.25) is 0 Å². The molecule has 0 N–H and O–H groups in total. The zero-order valence-corrected chi connectivity index (χ0v) is 14.2. The number of aromatic nitrogens is 6. The van der Waals surface area contributed by atoms with Crippen LogP contribution in [-0.2, 0) is 0 Å². The van der Waals surface area contributed by atoms with Crippen molar-refractivity contribution in [1.82, 2.24) is 29.4 Å². The fourth-order valence-corrected chi connectivity index (χ4v) is 3.78. The molecule has 6 nitrogen and oxygen atoms in total. The van der Waals surface area contributed by atoms with Crippen LogP contribution in [0.1, 0.15) is 5.69 Å². The molecular weight excluding hydrogens is 391 g/mol. The predicted molar refractivity (Wildman–Crippen MR) is 85.4 cm³/mol. The van der Waals surface area contributed by atoms with Gasteiger partial charge >= 0.3 is 0 Å². The van der Waals surface area contributed by atoms with Gasteiger partial charge in [0.05, 0.1) is 10.2 Å². The fourth-order valence-electron chi connectivity index (χ4n) is 1.94. The monoisotopic (exact) mass is 396 g/mol. The van der Waals surface area contributed by atoms with Crippen molar-refractivity contribution in [3.05, 3.63) is 34.2 Å². The Morgan fingerprint density at radius 1 is 1.23 bits per heavy atom. The summed E-state index contributed by atoms with van der Waals surface area (Å²) in [4.78, 5) is 1.50. The second-order valence-corrected chi connectivity index (χ2v) is 7.01. The van der Waals surface area contributed by atoms with Gasteiger partial charge < -0.3 is 0 Å². The summed E-state index contributed by atoms with van der Waals surface area (Å²) in [5.74, 6) is 0.310. The summed E-state index contributed by atoms with van der Waals surface area (Å²) in [6, 6.07) is 4.78. The molecule has 0 atom stereocenters. The lowest BCUT2D eigenvalue weighted by Gasteiger charge is -1.98. The molecule has 0 aliphatic carbocycles. The molecule has 0 saturated heterocycles. The van der Waals surface area contributed by atoms with Crippen LogP contribution in [0.5, 0.6) is 0 Å². The maximum atomic E-state index is 13.3. The summed E-state index contributed by atoms with van der Waals surface area (Å²) in [7, 11) is 0. The lowest BCUT2D eigenvalue weighted by molar-refractivity contribution is 0.621. The summed E-state index contributed by atoms with van der Waals surface area (Å²) in [6.45, 7) is 1.87. The van der Waals surface area contributed by atoms with Gasteiger partial charge in [-0.05, 0) is 52.6 Å². The average Bonchev–Trinajstić information content (AvgIpc) is 3.17. The second kappa shape index (κ2) is 5.14. The molecule has 10 heteroatoms. The SMILES string of the molecule is Cc1nnsc1-c1nnc2sc(-c3ccc(F)c(Br)c3)nn12. The highest BCUT2D eigenvalue weighted by Gasteiger charge is 2.18. The van der Waals surface area contributed by atoms with Crippen LogP contribution in [0.25, 0.3) is 26.2 Å². The Morgan fingerprint density at radius 3 is 2.82 bits per heavy atom. The zero-order valence-electron chi connectivity index (χ0n) is 11.0. The van der Waals surface area contributed by atoms with Crippen LogP contribution in [0.3, 0.4) is 0 Å². The first-order chi connectivity index (χ1) is 10.6. The molecule has 3 heterocycles. The molecule has 0 aliphatic heterocycles. The molecule has 22 heavy (non-hydrogen) atoms. The summed E-state index contributed by atoms with van der Waals surface area (Å²) >= 11 is 5.83. The molecule has 3 aromatic heterocycles. The number of rotatable bonds is 2. The molecule has 0 bridgehead atoms. The lowest BCUT2D eigenvalue weighted by Crippen LogP contribution is -1.91. The molecule has 0 radical (unpaired) electrons. The van der Waals surface area contributed by atoms with E-state index in [-0.39, 0.29) is 5.82 Å². The fraction of sp³-hybridized carbons (Fsp3) is 0.0833. The van der Waals surface area contributed by atoms with Gasteiger partial charge in [-0.15, -0.1) is 15.3 Å². The Kier molecular flexibility index (Phi) is 3.24. The predicted octanol–water partition coefficient (Wildman–Crippen LogP) is 3.58. The smallest absolute Gasteiger partial charge is 0.206 e. The maximum absolute atomic E-state index is 13.3. The van der Waals surface area contributed by atoms with Crippen molar-refractivity contribution in [3.63, 3.8) is 0 Å². The molecule has 0 amide bonds. The van der Waals surface area contributed by atoms with E-state index in [1.807, 2.05) is 6.92 Å². The Morgan fingerprint density at radius 2 is 2.09 bits per heavy atom. The van der Waals surface area contributed by atoms with Crippen molar-refractivity contribution < 1.29 is 4.39 Å². The van der Waals surface area contributed by atoms with E-state index in [1.165, 1.54) is 28.9 Å². The zero-order chi connectivity index (χ0) is 15.3. The lowest BCUT2D eigenvalue weighted by atomic mass is 10.2. The highest BCUT2D eigenvalue weighted by Crippen LogP contribution is 2.31. The number of benzene rings is 1. The number of fused-ring (bicyclic) bond motifs is 1. The minimum atomic E-state index is -0.307. The van der Waals surface area contributed by atoms with E-state index in [2.05, 4.69) is 40.8 Å². The Labute approximate surface area is 139 Å². The minimum absolute atomic E-state index is 0.307. The van der Waals surface area contributed by atoms with Crippen LogP contribution in [0.15, 0.2) is 22.7 Å². The number of hydrogen-bond acceptors (Lipinski definition) is 7. The second-order valence-electron chi connectivity index (χ2n) is 4.44. The molecule has 4 rings (SSSR count). The van der Waals surface area contributed by atoms with E-state index < -0.39 is 0 Å². The standard InChI is InChI=1S/C12H6BrFN6S2/c1-5-9(22-19-15-5)10-16-17-12-20(10)18-11(21-12)6-2-3-8(14)7(13)4-6/h2-4H,1H3. The van der Waals surface area contributed by atoms with Crippen molar-refractivity contribution in [3.8, 4) is 21.3 Å². The third kappa shape index (κ3) is 2.14. The van der Waals surface area contributed by atoms with Gasteiger partial charge in [0.2, 0.25) is 4.96 Å². The van der Waals surface area contributed by atoms with Crippen molar-refractivity contribution in [2.75, 3.05) is 0 Å². The van der Waals surface area contributed by atoms with Gasteiger partial charge in [0.1, 0.15) is 15.7 Å². The van der Waals surface area contributed by atoms with Gasteiger partial charge in [-0.2, -0.15) is 9.61 Å². The van der Waals surface area contributed by atoms with Crippen molar-refractivity contribution in [2.45, 2.75) is 6.92 Å². The number of nitrogens with zero attached hydrogens (tertiary/aromatic N) is 6. The quantitative estimate of drug-likeness (QED) is 0.517. The van der Waals surface area contributed by atoms with E-state index in [0.717, 1.165) is 21.1 Å². The van der Waals surface area contributed by atoms with Gasteiger partial charge in [0.25, 0.3) is 0 Å². The summed E-state index contributed by atoms with van der Waals surface area (Å²) < 4.78 is 19.3. The molecule has 0 fully saturated rings. The Balaban J connectivity index is 1.86. The third-order valence-corrected chi connectivity index (χ3v) is 5.39. The normalized spacial score (nSPS) is 11.4. The van der Waals surface area contributed by atoms with Crippen molar-refractivity contribution in [1.29, 1.82) is 0 Å². The van der Waals surface area contributed by atoms with E-state index in [1.54, 1.807) is 16.6 Å². The molecule has 110 valence electrons. The Hall–Kier alpha value is -1.78.